The molecule has 0 spiro atoms. The van der Waals surface area contributed by atoms with Gasteiger partial charge in [0.1, 0.15) is 0 Å². The first-order chi connectivity index (χ1) is 4.97. The van der Waals surface area contributed by atoms with Crippen molar-refractivity contribution in [2.24, 2.45) is 0 Å². The summed E-state index contributed by atoms with van der Waals surface area (Å²) in [5.74, 6) is 0. The van der Waals surface area contributed by atoms with Gasteiger partial charge in [0.05, 0.1) is 11.4 Å². The van der Waals surface area contributed by atoms with Gasteiger partial charge in [0.2, 0.25) is 0 Å². The van der Waals surface area contributed by atoms with Gasteiger partial charge in [-0.25, -0.2) is 0 Å². The van der Waals surface area contributed by atoms with Crippen molar-refractivity contribution in [2.45, 2.75) is 0 Å². The predicted molar refractivity (Wildman–Crippen MR) is 41.3 cm³/mol. The van der Waals surface area contributed by atoms with Gasteiger partial charge in [0.15, 0.2) is 0 Å². The summed E-state index contributed by atoms with van der Waals surface area (Å²) in [4.78, 5) is 0. The average Bonchev–Trinajstić information content (AvgIpc) is 2.05. The Labute approximate surface area is 60.3 Å². The van der Waals surface area contributed by atoms with E-state index >= 15 is 0 Å². The Bertz CT molecular complexity index is 199. The molecule has 0 saturated heterocycles. The number of hydrogen-bond acceptors (Lipinski definition) is 2. The molecule has 0 fully saturated rings. The van der Waals surface area contributed by atoms with Crippen LogP contribution in [0.2, 0.25) is 0 Å². The van der Waals surface area contributed by atoms with Crippen LogP contribution in [0.5, 0.6) is 0 Å². The van der Waals surface area contributed by atoms with Gasteiger partial charge < -0.3 is 10.6 Å². The van der Waals surface area contributed by atoms with Gasteiger partial charge in [-0.2, -0.15) is 0 Å². The molecule has 0 aromatic rings. The minimum absolute atomic E-state index is 0.949. The quantitative estimate of drug-likeness (QED) is 0.504. The molecule has 0 radical (unpaired) electrons. The van der Waals surface area contributed by atoms with Crippen molar-refractivity contribution in [2.75, 3.05) is 13.1 Å². The first-order valence-electron chi connectivity index (χ1n) is 3.52. The van der Waals surface area contributed by atoms with Gasteiger partial charge in [0, 0.05) is 13.1 Å². The van der Waals surface area contributed by atoms with Crippen LogP contribution in [-0.2, 0) is 0 Å². The molecule has 0 unspecified atom stereocenters. The van der Waals surface area contributed by atoms with Crippen molar-refractivity contribution in [3.05, 3.63) is 35.7 Å². The van der Waals surface area contributed by atoms with Crippen LogP contribution in [-0.4, -0.2) is 13.1 Å². The molecule has 2 nitrogen and oxygen atoms in total. The number of dihydropyridines is 2. The Balaban J connectivity index is 2.32. The summed E-state index contributed by atoms with van der Waals surface area (Å²) in [6, 6.07) is 0. The molecule has 0 aromatic heterocycles. The fourth-order valence-electron chi connectivity index (χ4n) is 1.18. The first kappa shape index (κ1) is 5.59. The van der Waals surface area contributed by atoms with Crippen molar-refractivity contribution >= 4 is 0 Å². The zero-order valence-electron chi connectivity index (χ0n) is 5.72. The van der Waals surface area contributed by atoms with E-state index in [-0.39, 0.29) is 0 Å². The Morgan fingerprint density at radius 1 is 0.900 bits per heavy atom. The number of allylic oxidation sites excluding steroid dienone is 2. The molecule has 2 heteroatoms. The van der Waals surface area contributed by atoms with E-state index in [1.165, 1.54) is 11.4 Å². The molecule has 0 saturated carbocycles. The average molecular weight is 134 g/mol. The highest BCUT2D eigenvalue weighted by molar-refractivity contribution is 5.36. The van der Waals surface area contributed by atoms with Crippen LogP contribution in [0.1, 0.15) is 0 Å². The van der Waals surface area contributed by atoms with Crippen LogP contribution in [0.3, 0.4) is 0 Å². The van der Waals surface area contributed by atoms with E-state index in [2.05, 4.69) is 34.9 Å². The van der Waals surface area contributed by atoms with Gasteiger partial charge >= 0.3 is 0 Å². The third kappa shape index (κ3) is 0.817. The van der Waals surface area contributed by atoms with Crippen LogP contribution in [0.4, 0.5) is 0 Å². The standard InChI is InChI=1S/C8H10N2/c1-3-7-8(9-5-1)4-2-6-10-7/h1-4,9-10H,5-6H2. The third-order valence-electron chi connectivity index (χ3n) is 1.68. The zero-order valence-corrected chi connectivity index (χ0v) is 5.72. The molecule has 0 atom stereocenters. The number of nitrogens with one attached hydrogen (secondary N) is 2. The minimum Gasteiger partial charge on any atom is -0.380 e. The lowest BCUT2D eigenvalue weighted by Crippen LogP contribution is -2.26. The molecule has 2 N–H and O–H groups in total. The lowest BCUT2D eigenvalue weighted by molar-refractivity contribution is 0.811. The van der Waals surface area contributed by atoms with Crippen LogP contribution < -0.4 is 10.6 Å². The van der Waals surface area contributed by atoms with E-state index in [0.717, 1.165) is 13.1 Å². The highest BCUT2D eigenvalue weighted by Crippen LogP contribution is 2.08. The Kier molecular flexibility index (Phi) is 1.24. The molecule has 0 bridgehead atoms. The molecule has 0 aliphatic carbocycles. The van der Waals surface area contributed by atoms with Crippen LogP contribution >= 0.6 is 0 Å². The molecule has 0 aromatic carbocycles. The SMILES string of the molecule is C1=CC2=C(C=CCN2)NC1. The summed E-state index contributed by atoms with van der Waals surface area (Å²) in [7, 11) is 0. The fraction of sp³-hybridized carbons (Fsp3) is 0.250. The van der Waals surface area contributed by atoms with Gasteiger partial charge in [0.25, 0.3) is 0 Å². The highest BCUT2D eigenvalue weighted by atomic mass is 15.0. The zero-order chi connectivity index (χ0) is 6.81. The third-order valence-corrected chi connectivity index (χ3v) is 1.68. The molecule has 2 heterocycles. The largest absolute Gasteiger partial charge is 0.380 e. The molecular formula is C8H10N2. The fourth-order valence-corrected chi connectivity index (χ4v) is 1.18. The normalized spacial score (nSPS) is 21.6. The van der Waals surface area contributed by atoms with E-state index in [0.29, 0.717) is 0 Å². The summed E-state index contributed by atoms with van der Waals surface area (Å²) in [5, 5.41) is 6.53. The lowest BCUT2D eigenvalue weighted by Gasteiger charge is -2.19. The monoisotopic (exact) mass is 134 g/mol. The maximum Gasteiger partial charge on any atom is 0.0575 e. The Morgan fingerprint density at radius 2 is 1.40 bits per heavy atom. The number of rotatable bonds is 0. The Morgan fingerprint density at radius 3 is 1.90 bits per heavy atom. The maximum atomic E-state index is 3.26. The second-order valence-electron chi connectivity index (χ2n) is 2.39. The highest BCUT2D eigenvalue weighted by Gasteiger charge is 2.05. The molecule has 2 aliphatic heterocycles. The topological polar surface area (TPSA) is 24.1 Å². The molecule has 2 rings (SSSR count). The molecular weight excluding hydrogens is 124 g/mol. The van der Waals surface area contributed by atoms with E-state index < -0.39 is 0 Å². The summed E-state index contributed by atoms with van der Waals surface area (Å²) < 4.78 is 0. The van der Waals surface area contributed by atoms with Gasteiger partial charge in [-0.3, -0.25) is 0 Å². The van der Waals surface area contributed by atoms with Crippen molar-refractivity contribution in [3.63, 3.8) is 0 Å². The van der Waals surface area contributed by atoms with E-state index in [4.69, 9.17) is 0 Å². The van der Waals surface area contributed by atoms with Crippen molar-refractivity contribution < 1.29 is 0 Å². The second-order valence-corrected chi connectivity index (χ2v) is 2.39. The Hall–Kier alpha value is -1.18. The molecule has 2 aliphatic rings. The summed E-state index contributed by atoms with van der Waals surface area (Å²) in [6.45, 7) is 1.90. The summed E-state index contributed by atoms with van der Waals surface area (Å²) in [6.07, 6.45) is 8.47. The number of hydrogen-bond donors (Lipinski definition) is 2. The van der Waals surface area contributed by atoms with E-state index in [1.807, 2.05) is 0 Å². The van der Waals surface area contributed by atoms with Gasteiger partial charge in [-0.1, -0.05) is 12.2 Å². The molecule has 52 valence electrons. The smallest absolute Gasteiger partial charge is 0.0575 e. The van der Waals surface area contributed by atoms with Crippen molar-refractivity contribution in [1.29, 1.82) is 0 Å². The summed E-state index contributed by atoms with van der Waals surface area (Å²) in [5.41, 5.74) is 2.43. The summed E-state index contributed by atoms with van der Waals surface area (Å²) >= 11 is 0. The maximum absolute atomic E-state index is 3.26. The van der Waals surface area contributed by atoms with Gasteiger partial charge in [-0.15, -0.1) is 0 Å². The van der Waals surface area contributed by atoms with Crippen LogP contribution in [0.25, 0.3) is 0 Å². The van der Waals surface area contributed by atoms with Crippen molar-refractivity contribution in [3.8, 4) is 0 Å². The van der Waals surface area contributed by atoms with Crippen LogP contribution in [0.15, 0.2) is 35.7 Å². The van der Waals surface area contributed by atoms with E-state index in [1.54, 1.807) is 0 Å². The minimum atomic E-state index is 0.949. The van der Waals surface area contributed by atoms with Crippen LogP contribution in [0, 0.1) is 0 Å². The predicted octanol–water partition coefficient (Wildman–Crippen LogP) is 0.517. The van der Waals surface area contributed by atoms with E-state index in [9.17, 15) is 0 Å². The van der Waals surface area contributed by atoms with Gasteiger partial charge in [-0.05, 0) is 12.2 Å². The van der Waals surface area contributed by atoms with Crippen molar-refractivity contribution in [1.82, 2.24) is 10.6 Å². The lowest BCUT2D eigenvalue weighted by atomic mass is 10.2. The molecule has 0 amide bonds. The first-order valence-corrected chi connectivity index (χ1v) is 3.52. The second kappa shape index (κ2) is 2.21. The molecule has 10 heavy (non-hydrogen) atoms.